The molecule has 5 aliphatic rings. The van der Waals surface area contributed by atoms with Crippen molar-refractivity contribution in [2.24, 2.45) is 22.9 Å². The van der Waals surface area contributed by atoms with Crippen molar-refractivity contribution in [3.8, 4) is 0 Å². The maximum Gasteiger partial charge on any atom is 0.492 e. The first-order chi connectivity index (χ1) is 50.9. The first-order valence-corrected chi connectivity index (χ1v) is 41.9. The molecule has 0 aliphatic carbocycles. The number of phosphoric ester groups is 1. The minimum absolute atomic E-state index is 0.0835. The van der Waals surface area contributed by atoms with Crippen LogP contribution < -0.4 is 67.9 Å². The summed E-state index contributed by atoms with van der Waals surface area (Å²) in [6.07, 6.45) is -27.2. The summed E-state index contributed by atoms with van der Waals surface area (Å²) in [5.41, 5.74) is 11.7. The van der Waals surface area contributed by atoms with E-state index in [1.54, 1.807) is 0 Å². The molecule has 9 heterocycles. The van der Waals surface area contributed by atoms with Gasteiger partial charge in [-0.05, 0) is 22.5 Å². The van der Waals surface area contributed by atoms with Crippen LogP contribution >= 0.6 is 75.5 Å². The predicted molar refractivity (Wildman–Crippen MR) is 349 cm³/mol. The van der Waals surface area contributed by atoms with Gasteiger partial charge >= 0.3 is 75.8 Å². The molecular weight excluding hydrogens is 1720 g/mol. The zero-order valence-electron chi connectivity index (χ0n) is 54.6. The third-order valence-corrected chi connectivity index (χ3v) is 24.7. The number of hydrogen-bond acceptors (Lipinski definition) is 40. The summed E-state index contributed by atoms with van der Waals surface area (Å²) in [6, 6.07) is 0. The number of rotatable bonds is 26. The molecule has 4 aromatic heterocycles. The highest BCUT2D eigenvalue weighted by Gasteiger charge is 2.56. The minimum atomic E-state index is -5.78. The lowest BCUT2D eigenvalue weighted by Crippen LogP contribution is -2.39. The number of hydrogen-bond donors (Lipinski definition) is 23. The van der Waals surface area contributed by atoms with Crippen LogP contribution in [0.1, 0.15) is 47.2 Å². The van der Waals surface area contributed by atoms with Gasteiger partial charge in [0.1, 0.15) is 73.2 Å². The molecule has 20 atom stereocenters. The van der Waals surface area contributed by atoms with Crippen molar-refractivity contribution < 1.29 is 181 Å². The lowest BCUT2D eigenvalue weighted by atomic mass is 10.1. The van der Waals surface area contributed by atoms with Gasteiger partial charge in [0.25, 0.3) is 22.2 Å². The van der Waals surface area contributed by atoms with Crippen molar-refractivity contribution in [1.29, 1.82) is 0 Å². The molecule has 67 heteroatoms. The summed E-state index contributed by atoms with van der Waals surface area (Å²) < 4.78 is 136. The van der Waals surface area contributed by atoms with E-state index in [1.807, 2.05) is 19.9 Å². The number of ether oxygens (including phenoxy) is 4. The number of nitrogens with one attached hydrogen (secondary N) is 4. The largest absolute Gasteiger partial charge is 0.492 e. The van der Waals surface area contributed by atoms with E-state index < -0.39 is 272 Å². The predicted octanol–water partition coefficient (Wildman–Crippen LogP) is -10.9. The third kappa shape index (κ3) is 25.9. The second kappa shape index (κ2) is 37.1. The fourth-order valence-corrected chi connectivity index (χ4v) is 18.4. The van der Waals surface area contributed by atoms with Gasteiger partial charge in [0.15, 0.2) is 24.9 Å². The lowest BCUT2D eigenvalue weighted by Gasteiger charge is -2.27. The van der Waals surface area contributed by atoms with E-state index in [9.17, 15) is 145 Å². The maximum absolute atomic E-state index is 12.3. The van der Waals surface area contributed by atoms with Crippen molar-refractivity contribution in [2.75, 3.05) is 26.4 Å². The van der Waals surface area contributed by atoms with Crippen LogP contribution in [0.2, 0.25) is 0 Å². The fourth-order valence-electron chi connectivity index (χ4n) is 9.79. The molecular formula is C44H63Cl2N12O46P7. The summed E-state index contributed by atoms with van der Waals surface area (Å²) in [5, 5.41) is 89.1. The molecule has 58 nitrogen and oxygen atoms in total. The molecule has 624 valence electrons. The zero-order valence-corrected chi connectivity index (χ0v) is 62.3. The Morgan fingerprint density at radius 2 is 0.703 bits per heavy atom. The highest BCUT2D eigenvalue weighted by molar-refractivity contribution is 8.05. The molecule has 0 bridgehead atoms. The van der Waals surface area contributed by atoms with Crippen LogP contribution in [0.4, 0.5) is 0 Å². The fraction of sp³-hybridized carbons (Fsp3) is 0.545. The van der Waals surface area contributed by atoms with Gasteiger partial charge in [-0.1, -0.05) is 0 Å². The number of phosphoric acid groups is 6. The van der Waals surface area contributed by atoms with Gasteiger partial charge < -0.3 is 122 Å². The van der Waals surface area contributed by atoms with Crippen LogP contribution in [0.15, 0.2) is 63.1 Å². The highest BCUT2D eigenvalue weighted by Crippen LogP contribution is 2.80. The molecule has 0 aromatic carbocycles. The lowest BCUT2D eigenvalue weighted by molar-refractivity contribution is -0.118. The Morgan fingerprint density at radius 3 is 0.964 bits per heavy atom. The molecule has 27 N–H and O–H groups in total. The minimum Gasteiger partial charge on any atom is -0.394 e. The molecule has 4 aromatic rings. The molecule has 111 heavy (non-hydrogen) atoms. The van der Waals surface area contributed by atoms with E-state index in [0.29, 0.717) is 9.13 Å². The van der Waals surface area contributed by atoms with Crippen LogP contribution in [-0.4, -0.2) is 237 Å². The van der Waals surface area contributed by atoms with Gasteiger partial charge in [-0.15, -0.1) is 0 Å². The topological polar surface area (TPSA) is 926 Å². The van der Waals surface area contributed by atoms with E-state index in [-0.39, 0.29) is 22.3 Å². The number of nitrogens with zero attached hydrogens (tertiary/aromatic N) is 4. The summed E-state index contributed by atoms with van der Waals surface area (Å²) in [4.78, 5) is 200. The smallest absolute Gasteiger partial charge is 0.394 e. The SMILES string of the molecule is NC(=O)Cc1cn([C@@H]2O[C@H](CO)[C@H](O)C2O)c(=O)[nH]c1=O.NC(=O)Cc1cn([C@@H]2O[C@H](COP(=O)(Cl)Cl)[C@H](O)C2O)c(=O)[nH]c1=O.NC(=O)Cc1cn([C@@H]2O[C@H](COP(=O)(O)OP(=O)(O)OP(=O)(O)O)[C@H](O)C2O)c(=O)[nH]c1=O.NC(=O)Cc1cn([C@@H]2O[C@H](COP3(=O)OP(=O)(O)OP(=O)(O)O3)C(O)C2O)c(=O)[nH]c1=O. The Hall–Kier alpha value is -6.29. The second-order valence-electron chi connectivity index (χ2n) is 22.7. The third-order valence-electron chi connectivity index (χ3n) is 14.5. The average Bonchev–Trinajstić information content (AvgIpc) is 0.933. The number of carbonyl (C=O) groups excluding carboxylic acids is 4. The molecule has 4 amide bonds. The van der Waals surface area contributed by atoms with Crippen molar-refractivity contribution >= 4 is 99.1 Å². The first kappa shape index (κ1) is 93.6. The van der Waals surface area contributed by atoms with Crippen LogP contribution in [0.25, 0.3) is 0 Å². The molecule has 5 saturated heterocycles. The van der Waals surface area contributed by atoms with Crippen LogP contribution in [0.3, 0.4) is 0 Å². The number of aromatic nitrogens is 8. The van der Waals surface area contributed by atoms with Crippen molar-refractivity contribution in [3.63, 3.8) is 0 Å². The normalized spacial score (nSPS) is 31.0. The number of H-pyrrole nitrogens is 4. The number of carbonyl (C=O) groups is 4. The van der Waals surface area contributed by atoms with Gasteiger partial charge in [0.2, 0.25) is 23.6 Å². The summed E-state index contributed by atoms with van der Waals surface area (Å²) in [6.45, 7) is -3.20. The average molecular weight is 1780 g/mol. The number of nitrogens with two attached hydrogens (primary N) is 4. The maximum atomic E-state index is 12.3. The van der Waals surface area contributed by atoms with Crippen LogP contribution in [0, 0.1) is 0 Å². The quantitative estimate of drug-likeness (QED) is 0.0260. The van der Waals surface area contributed by atoms with Crippen LogP contribution in [-0.2, 0) is 131 Å². The van der Waals surface area contributed by atoms with Crippen molar-refractivity contribution in [2.45, 2.75) is 124 Å². The number of aliphatic hydroxyl groups excluding tert-OH is 9. The molecule has 5 fully saturated rings. The van der Waals surface area contributed by atoms with E-state index in [0.717, 1.165) is 33.9 Å². The summed E-state index contributed by atoms with van der Waals surface area (Å²) in [5.74, 6) is -3.40. The molecule has 0 saturated carbocycles. The number of aliphatic hydroxyl groups is 9. The summed E-state index contributed by atoms with van der Waals surface area (Å²) >= 11 is 10.4. The van der Waals surface area contributed by atoms with Gasteiger partial charge in [-0.3, -0.25) is 90.2 Å². The standard InChI is InChI=1S/C11H14Cl2N3O8P.C11H18N3O16P3.C11H16N3O15P3.C11H15N3O7/c12-25(13,22)23-3-5-7(18)8(19)10(24-5)16-2-4(1-6(14)17)9(20)15-11(16)21;12-6(15)1-4-2-14(11(19)13-9(4)18)10-8(17)7(16)5(28-10)3-27-32(23,24)30-33(25,26)29-31(20,21)22;12-6(15)1-4-2-14(11(19)13-9(4)18)10-8(17)7(16)5(26-10)3-25-32(24)28-30(20,21)27-31(22,23)29-32;12-6(16)1-4-2-14(11(20)13-9(4)19)10-8(18)7(17)5(3-15)21-10/h2,5,7-8,10,18-19H,1,3H2,(H2,14,17)(H,15,20,21);2,5,7-8,10,16-17H,1,3H2,(H2,12,15)(H,23,24)(H,25,26)(H,13,18,19)(H2,20,21,22);2,5,7-8,10,16-17H,1,3H2,(H2,12,15)(H,20,21)(H,22,23)(H,13,18,19);2,5,7-8,10,15,17-18H,1,3H2,(H2,12,16)(H,13,19,20)/t2*5-,7+,8?,10-;5-,7?,8?,10-;5-,7+,8?,10-/m1111/s1. The molecule has 9 unspecified atom stereocenters. The van der Waals surface area contributed by atoms with Gasteiger partial charge in [-0.2, -0.15) is 21.6 Å². The molecule has 0 radical (unpaired) electrons. The van der Waals surface area contributed by atoms with Gasteiger partial charge in [0.05, 0.1) is 52.1 Å². The second-order valence-corrected chi connectivity index (χ2v) is 36.4. The first-order valence-electron chi connectivity index (χ1n) is 29.5. The zero-order chi connectivity index (χ0) is 84.1. The van der Waals surface area contributed by atoms with E-state index in [2.05, 4.69) is 35.1 Å². The summed E-state index contributed by atoms with van der Waals surface area (Å²) in [7, 11) is -32.7. The molecule has 0 spiro atoms. The molecule has 9 rings (SSSR count). The number of aromatic amines is 4. The Labute approximate surface area is 619 Å². The Balaban J connectivity index is 0.000000234. The number of halogens is 2. The van der Waals surface area contributed by atoms with Gasteiger partial charge in [0, 0.05) is 47.0 Å². The van der Waals surface area contributed by atoms with Crippen LogP contribution in [0.5, 0.6) is 0 Å². The number of primary amides is 4. The Bertz CT molecular complexity index is 4990. The Kier molecular flexibility index (Phi) is 31.3. The Morgan fingerprint density at radius 1 is 0.432 bits per heavy atom. The van der Waals surface area contributed by atoms with E-state index >= 15 is 0 Å². The van der Waals surface area contributed by atoms with Crippen molar-refractivity contribution in [1.82, 2.24) is 38.2 Å². The van der Waals surface area contributed by atoms with Crippen molar-refractivity contribution in [3.05, 3.63) is 130 Å². The number of amides is 4. The van der Waals surface area contributed by atoms with Gasteiger partial charge in [-0.25, -0.2) is 46.6 Å². The monoisotopic (exact) mass is 1780 g/mol. The van der Waals surface area contributed by atoms with E-state index in [4.69, 9.17) is 84.2 Å². The molecule has 5 aliphatic heterocycles. The highest BCUT2D eigenvalue weighted by atomic mass is 35.9. The van der Waals surface area contributed by atoms with E-state index in [1.165, 1.54) is 0 Å².